The molecule has 1 aromatic carbocycles. The smallest absolute Gasteiger partial charge is 0.203 e. The molecule has 2 aromatic rings. The molecule has 0 radical (unpaired) electrons. The number of carbonyl (C=O) groups excluding carboxylic acids is 1. The lowest BCUT2D eigenvalue weighted by atomic mass is 9.98. The van der Waals surface area contributed by atoms with E-state index in [2.05, 4.69) is 6.07 Å². The van der Waals surface area contributed by atoms with Crippen LogP contribution in [-0.4, -0.2) is 5.78 Å². The lowest BCUT2D eigenvalue weighted by Crippen LogP contribution is -2.03. The van der Waals surface area contributed by atoms with E-state index < -0.39 is 0 Å². The summed E-state index contributed by atoms with van der Waals surface area (Å²) in [4.78, 5) is 14.5. The number of carbonyl (C=O) groups is 1. The van der Waals surface area contributed by atoms with E-state index in [-0.39, 0.29) is 5.78 Å². The van der Waals surface area contributed by atoms with E-state index in [1.807, 2.05) is 45.9 Å². The van der Waals surface area contributed by atoms with Crippen LogP contribution >= 0.6 is 11.3 Å². The molecule has 0 aliphatic rings. The molecule has 0 aliphatic carbocycles. The maximum atomic E-state index is 12.5. The lowest BCUT2D eigenvalue weighted by Gasteiger charge is -2.06. The van der Waals surface area contributed by atoms with Crippen molar-refractivity contribution in [1.82, 2.24) is 0 Å². The van der Waals surface area contributed by atoms with Gasteiger partial charge < -0.3 is 0 Å². The first kappa shape index (κ1) is 12.1. The van der Waals surface area contributed by atoms with E-state index in [1.165, 1.54) is 10.4 Å². The van der Waals surface area contributed by atoms with Crippen molar-refractivity contribution in [3.63, 3.8) is 0 Å². The number of aryl methyl sites for hydroxylation is 3. The Kier molecular flexibility index (Phi) is 3.16. The van der Waals surface area contributed by atoms with Crippen LogP contribution in [0.1, 0.15) is 36.8 Å². The quantitative estimate of drug-likeness (QED) is 0.723. The van der Waals surface area contributed by atoms with E-state index in [4.69, 9.17) is 0 Å². The van der Waals surface area contributed by atoms with Crippen molar-refractivity contribution in [3.05, 3.63) is 56.3 Å². The molecule has 0 saturated carbocycles. The molecule has 0 atom stereocenters. The predicted octanol–water partition coefficient (Wildman–Crippen LogP) is 4.21. The fourth-order valence-electron chi connectivity index (χ4n) is 1.99. The van der Waals surface area contributed by atoms with E-state index in [0.29, 0.717) is 0 Å². The Morgan fingerprint density at radius 3 is 2.35 bits per heavy atom. The second kappa shape index (κ2) is 4.46. The molecule has 0 N–H and O–H groups in total. The SMILES string of the molecule is Cc1cc(C)c(C(=O)c2cccc(C)c2C)s1. The van der Waals surface area contributed by atoms with Gasteiger partial charge in [-0.25, -0.2) is 0 Å². The monoisotopic (exact) mass is 244 g/mol. The highest BCUT2D eigenvalue weighted by atomic mass is 32.1. The van der Waals surface area contributed by atoms with E-state index >= 15 is 0 Å². The van der Waals surface area contributed by atoms with Crippen molar-refractivity contribution in [2.75, 3.05) is 0 Å². The highest BCUT2D eigenvalue weighted by Crippen LogP contribution is 2.25. The van der Waals surface area contributed by atoms with Crippen LogP contribution in [0.15, 0.2) is 24.3 Å². The van der Waals surface area contributed by atoms with Crippen LogP contribution in [0.3, 0.4) is 0 Å². The standard InChI is InChI=1S/C15H16OS/c1-9-6-5-7-13(12(9)4)14(16)15-10(2)8-11(3)17-15/h5-8H,1-4H3. The highest BCUT2D eigenvalue weighted by molar-refractivity contribution is 7.14. The van der Waals surface area contributed by atoms with E-state index in [0.717, 1.165) is 21.6 Å². The summed E-state index contributed by atoms with van der Waals surface area (Å²) in [6.07, 6.45) is 0. The first-order valence-corrected chi connectivity index (χ1v) is 6.50. The third kappa shape index (κ3) is 2.18. The maximum Gasteiger partial charge on any atom is 0.203 e. The zero-order valence-corrected chi connectivity index (χ0v) is 11.4. The second-order valence-corrected chi connectivity index (χ2v) is 5.70. The van der Waals surface area contributed by atoms with Crippen molar-refractivity contribution in [2.24, 2.45) is 0 Å². The zero-order valence-electron chi connectivity index (χ0n) is 10.6. The summed E-state index contributed by atoms with van der Waals surface area (Å²) in [5, 5.41) is 0. The fraction of sp³-hybridized carbons (Fsp3) is 0.267. The molecule has 88 valence electrons. The number of thiophene rings is 1. The minimum atomic E-state index is 0.154. The summed E-state index contributed by atoms with van der Waals surface area (Å²) in [5.74, 6) is 0.154. The minimum absolute atomic E-state index is 0.154. The molecule has 0 unspecified atom stereocenters. The molecular formula is C15H16OS. The normalized spacial score (nSPS) is 10.6. The van der Waals surface area contributed by atoms with Crippen molar-refractivity contribution < 1.29 is 4.79 Å². The molecular weight excluding hydrogens is 228 g/mol. The Labute approximate surface area is 106 Å². The molecule has 0 spiro atoms. The largest absolute Gasteiger partial charge is 0.288 e. The van der Waals surface area contributed by atoms with Gasteiger partial charge in [0.2, 0.25) is 5.78 Å². The molecule has 2 heteroatoms. The van der Waals surface area contributed by atoms with Crippen LogP contribution in [0.25, 0.3) is 0 Å². The van der Waals surface area contributed by atoms with Crippen LogP contribution in [0.2, 0.25) is 0 Å². The average molecular weight is 244 g/mol. The van der Waals surface area contributed by atoms with Gasteiger partial charge in [-0.2, -0.15) is 0 Å². The van der Waals surface area contributed by atoms with Crippen LogP contribution in [-0.2, 0) is 0 Å². The van der Waals surface area contributed by atoms with Crippen molar-refractivity contribution in [1.29, 1.82) is 0 Å². The molecule has 0 saturated heterocycles. The molecule has 0 amide bonds. The van der Waals surface area contributed by atoms with Gasteiger partial charge in [-0.15, -0.1) is 11.3 Å². The summed E-state index contributed by atoms with van der Waals surface area (Å²) >= 11 is 1.58. The van der Waals surface area contributed by atoms with Crippen LogP contribution in [0.4, 0.5) is 0 Å². The number of rotatable bonds is 2. The Morgan fingerprint density at radius 1 is 1.06 bits per heavy atom. The lowest BCUT2D eigenvalue weighted by molar-refractivity contribution is 0.104. The van der Waals surface area contributed by atoms with Gasteiger partial charge in [0.05, 0.1) is 4.88 Å². The van der Waals surface area contributed by atoms with Crippen LogP contribution < -0.4 is 0 Å². The van der Waals surface area contributed by atoms with Gasteiger partial charge in [-0.05, 0) is 50.5 Å². The molecule has 1 nitrogen and oxygen atoms in total. The first-order valence-electron chi connectivity index (χ1n) is 5.68. The molecule has 2 rings (SSSR count). The van der Waals surface area contributed by atoms with Crippen molar-refractivity contribution in [3.8, 4) is 0 Å². The van der Waals surface area contributed by atoms with Gasteiger partial charge in [0, 0.05) is 10.4 Å². The Bertz CT molecular complexity index is 579. The Hall–Kier alpha value is -1.41. The summed E-state index contributed by atoms with van der Waals surface area (Å²) in [7, 11) is 0. The summed E-state index contributed by atoms with van der Waals surface area (Å²) < 4.78 is 0. The molecule has 0 aliphatic heterocycles. The second-order valence-electron chi connectivity index (χ2n) is 4.45. The van der Waals surface area contributed by atoms with Gasteiger partial charge in [-0.3, -0.25) is 4.79 Å². The summed E-state index contributed by atoms with van der Waals surface area (Å²) in [6, 6.07) is 7.98. The van der Waals surface area contributed by atoms with Crippen LogP contribution in [0, 0.1) is 27.7 Å². The third-order valence-electron chi connectivity index (χ3n) is 3.10. The van der Waals surface area contributed by atoms with Gasteiger partial charge in [0.15, 0.2) is 0 Å². The Balaban J connectivity index is 2.51. The average Bonchev–Trinajstić information content (AvgIpc) is 2.61. The molecule has 0 fully saturated rings. The maximum absolute atomic E-state index is 12.5. The topological polar surface area (TPSA) is 17.1 Å². The zero-order chi connectivity index (χ0) is 12.6. The van der Waals surface area contributed by atoms with Gasteiger partial charge in [0.25, 0.3) is 0 Å². The summed E-state index contributed by atoms with van der Waals surface area (Å²) in [6.45, 7) is 8.09. The van der Waals surface area contributed by atoms with E-state index in [9.17, 15) is 4.79 Å². The minimum Gasteiger partial charge on any atom is -0.288 e. The van der Waals surface area contributed by atoms with Crippen molar-refractivity contribution in [2.45, 2.75) is 27.7 Å². The number of ketones is 1. The molecule has 1 heterocycles. The first-order chi connectivity index (χ1) is 8.00. The molecule has 0 bridgehead atoms. The van der Waals surface area contributed by atoms with Gasteiger partial charge in [-0.1, -0.05) is 18.2 Å². The van der Waals surface area contributed by atoms with Gasteiger partial charge in [0.1, 0.15) is 0 Å². The third-order valence-corrected chi connectivity index (χ3v) is 4.25. The Morgan fingerprint density at radius 2 is 1.76 bits per heavy atom. The number of benzene rings is 1. The predicted molar refractivity (Wildman–Crippen MR) is 73.1 cm³/mol. The molecule has 17 heavy (non-hydrogen) atoms. The fourth-order valence-corrected chi connectivity index (χ4v) is 2.97. The van der Waals surface area contributed by atoms with E-state index in [1.54, 1.807) is 11.3 Å². The number of hydrogen-bond donors (Lipinski definition) is 0. The molecule has 1 aromatic heterocycles. The van der Waals surface area contributed by atoms with Crippen molar-refractivity contribution >= 4 is 17.1 Å². The summed E-state index contributed by atoms with van der Waals surface area (Å²) in [5.41, 5.74) is 4.16. The highest BCUT2D eigenvalue weighted by Gasteiger charge is 2.16. The van der Waals surface area contributed by atoms with Gasteiger partial charge >= 0.3 is 0 Å². The number of hydrogen-bond acceptors (Lipinski definition) is 2. The van der Waals surface area contributed by atoms with Crippen LogP contribution in [0.5, 0.6) is 0 Å².